The zero-order chi connectivity index (χ0) is 47.8. The predicted octanol–water partition coefficient (Wildman–Crippen LogP) is 17.7. The van der Waals surface area contributed by atoms with Crippen LogP contribution in [0.25, 0.3) is 44.6 Å². The van der Waals surface area contributed by atoms with E-state index in [1.54, 1.807) is 0 Å². The number of furan rings is 2. The molecule has 0 unspecified atom stereocenters. The van der Waals surface area contributed by atoms with E-state index in [9.17, 15) is 0 Å². The highest BCUT2D eigenvalue weighted by Crippen LogP contribution is 2.53. The quantitative estimate of drug-likeness (QED) is 0.151. The Balaban J connectivity index is 1.28. The number of fused-ring (bicyclic) bond motifs is 3. The third-order valence-corrected chi connectivity index (χ3v) is 13.6. The van der Waals surface area contributed by atoms with Crippen LogP contribution in [0.4, 0.5) is 34.1 Å². The van der Waals surface area contributed by atoms with E-state index in [-0.39, 0.29) is 10.8 Å². The number of aryl methyl sites for hydroxylation is 5. The van der Waals surface area contributed by atoms with Crippen molar-refractivity contribution >= 4 is 56.1 Å². The smallest absolute Gasteiger partial charge is 0.185 e. The van der Waals surface area contributed by atoms with E-state index >= 15 is 0 Å². The molecule has 6 nitrogen and oxygen atoms in total. The van der Waals surface area contributed by atoms with Crippen molar-refractivity contribution in [3.05, 3.63) is 178 Å². The lowest BCUT2D eigenvalue weighted by atomic mass is 9.84. The molecule has 1 aliphatic heterocycles. The van der Waals surface area contributed by atoms with Gasteiger partial charge in [0.25, 0.3) is 0 Å². The molecule has 9 aromatic rings. The van der Waals surface area contributed by atoms with Crippen LogP contribution in [0.2, 0.25) is 0 Å². The highest BCUT2D eigenvalue weighted by molar-refractivity contribution is 5.94. The molecule has 1 aliphatic rings. The average Bonchev–Trinajstić information content (AvgIpc) is 3.94. The van der Waals surface area contributed by atoms with E-state index in [4.69, 9.17) is 18.3 Å². The van der Waals surface area contributed by atoms with E-state index in [0.717, 1.165) is 107 Å². The molecular formula is C62H62N2O4. The van der Waals surface area contributed by atoms with Crippen molar-refractivity contribution in [2.24, 2.45) is 0 Å². The molecule has 0 radical (unpaired) electrons. The Kier molecular flexibility index (Phi) is 11.1. The molecule has 3 heterocycles. The SMILES string of the molecule is Cc1cc(N(c2cc(-c3cc4ccccc4o3)cc(-c3cc4ccccc4o3)c2)c2ccc(C(C)(C)C)cc2C)c(C)c(N(c2c(C)cc(C(C)(C)C)cc2C)c2c(C)ccc3c2OCCO3)c1. The van der Waals surface area contributed by atoms with Gasteiger partial charge in [-0.3, -0.25) is 0 Å². The van der Waals surface area contributed by atoms with Crippen molar-refractivity contribution in [1.82, 2.24) is 0 Å². The number of hydrogen-bond donors (Lipinski definition) is 0. The molecule has 10 rings (SSSR count). The first-order valence-corrected chi connectivity index (χ1v) is 23.9. The maximum Gasteiger partial charge on any atom is 0.185 e. The van der Waals surface area contributed by atoms with Gasteiger partial charge >= 0.3 is 0 Å². The van der Waals surface area contributed by atoms with E-state index in [2.05, 4.69) is 196 Å². The van der Waals surface area contributed by atoms with Gasteiger partial charge in [-0.25, -0.2) is 0 Å². The minimum absolute atomic E-state index is 0.0247. The van der Waals surface area contributed by atoms with Gasteiger partial charge in [0.1, 0.15) is 35.9 Å². The van der Waals surface area contributed by atoms with Crippen molar-refractivity contribution in [2.45, 2.75) is 93.9 Å². The first-order valence-electron chi connectivity index (χ1n) is 23.9. The summed E-state index contributed by atoms with van der Waals surface area (Å²) in [5.74, 6) is 3.09. The molecule has 0 bridgehead atoms. The second kappa shape index (κ2) is 16.9. The van der Waals surface area contributed by atoms with Crippen molar-refractivity contribution in [1.29, 1.82) is 0 Å². The molecule has 0 saturated carbocycles. The molecule has 0 N–H and O–H groups in total. The highest BCUT2D eigenvalue weighted by Gasteiger charge is 2.31. The lowest BCUT2D eigenvalue weighted by Gasteiger charge is -2.37. The maximum absolute atomic E-state index is 6.65. The standard InChI is InChI=1S/C62H62N2O4/c1-37-27-51(42(6)52(28-37)64(58-40(4)30-48(31-41(58)5)62(10,11)12)59-38(2)21-24-55-60(59)66-26-25-65-55)63(50-23-22-47(29-39(50)3)61(7,8)9)49-33-45(56-35-43-17-13-15-19-53(43)67-56)32-46(34-49)57-36-44-18-14-16-20-54(44)68-57/h13-24,27-36H,25-26H2,1-12H3. The summed E-state index contributed by atoms with van der Waals surface area (Å²) in [7, 11) is 0. The largest absolute Gasteiger partial charge is 0.486 e. The summed E-state index contributed by atoms with van der Waals surface area (Å²) in [5, 5.41) is 2.11. The van der Waals surface area contributed by atoms with E-state index in [1.165, 1.54) is 27.8 Å². The first kappa shape index (κ1) is 44.6. The molecule has 0 fully saturated rings. The summed E-state index contributed by atoms with van der Waals surface area (Å²) in [6.07, 6.45) is 0. The summed E-state index contributed by atoms with van der Waals surface area (Å²) in [4.78, 5) is 4.89. The van der Waals surface area contributed by atoms with Gasteiger partial charge in [0.05, 0.1) is 22.7 Å². The van der Waals surface area contributed by atoms with Gasteiger partial charge in [0, 0.05) is 33.3 Å². The van der Waals surface area contributed by atoms with Crippen molar-refractivity contribution in [3.8, 4) is 34.1 Å². The summed E-state index contributed by atoms with van der Waals surface area (Å²) < 4.78 is 26.2. The molecule has 0 amide bonds. The minimum atomic E-state index is -0.0343. The van der Waals surface area contributed by atoms with Crippen LogP contribution < -0.4 is 19.3 Å². The molecule has 2 aromatic heterocycles. The van der Waals surface area contributed by atoms with Crippen LogP contribution in [0, 0.1) is 41.5 Å². The van der Waals surface area contributed by atoms with Crippen molar-refractivity contribution < 1.29 is 18.3 Å². The average molecular weight is 899 g/mol. The molecule has 0 spiro atoms. The van der Waals surface area contributed by atoms with Crippen LogP contribution >= 0.6 is 0 Å². The van der Waals surface area contributed by atoms with Crippen LogP contribution in [0.3, 0.4) is 0 Å². The second-order valence-corrected chi connectivity index (χ2v) is 20.9. The molecule has 7 aromatic carbocycles. The van der Waals surface area contributed by atoms with Gasteiger partial charge in [-0.2, -0.15) is 0 Å². The molecule has 344 valence electrons. The van der Waals surface area contributed by atoms with Gasteiger partial charge in [-0.05, 0) is 164 Å². The Labute approximate surface area is 401 Å². The topological polar surface area (TPSA) is 51.2 Å². The third kappa shape index (κ3) is 8.10. The fourth-order valence-electron chi connectivity index (χ4n) is 9.91. The fraction of sp³-hybridized carbons (Fsp3) is 0.258. The summed E-state index contributed by atoms with van der Waals surface area (Å²) >= 11 is 0. The lowest BCUT2D eigenvalue weighted by Crippen LogP contribution is -2.22. The molecule has 68 heavy (non-hydrogen) atoms. The zero-order valence-electron chi connectivity index (χ0n) is 41.6. The first-order chi connectivity index (χ1) is 32.4. The zero-order valence-corrected chi connectivity index (χ0v) is 41.6. The van der Waals surface area contributed by atoms with Gasteiger partial charge in [0.2, 0.25) is 0 Å². The summed E-state index contributed by atoms with van der Waals surface area (Å²) in [6, 6.07) is 47.9. The summed E-state index contributed by atoms with van der Waals surface area (Å²) in [5.41, 5.74) is 19.2. The third-order valence-electron chi connectivity index (χ3n) is 13.6. The number of nitrogens with zero attached hydrogens (tertiary/aromatic N) is 2. The van der Waals surface area contributed by atoms with E-state index in [1.807, 2.05) is 30.3 Å². The van der Waals surface area contributed by atoms with E-state index < -0.39 is 0 Å². The lowest BCUT2D eigenvalue weighted by molar-refractivity contribution is 0.172. The molecule has 6 heteroatoms. The second-order valence-electron chi connectivity index (χ2n) is 20.9. The monoisotopic (exact) mass is 898 g/mol. The Morgan fingerprint density at radius 1 is 0.441 bits per heavy atom. The molecule has 0 atom stereocenters. The number of benzene rings is 7. The molecule has 0 saturated heterocycles. The normalized spacial score (nSPS) is 12.8. The van der Waals surface area contributed by atoms with Gasteiger partial charge in [-0.15, -0.1) is 0 Å². The number of anilines is 6. The number of ether oxygens (including phenoxy) is 2. The van der Waals surface area contributed by atoms with Crippen LogP contribution in [0.15, 0.2) is 142 Å². The van der Waals surface area contributed by atoms with Crippen LogP contribution in [0.1, 0.15) is 86.1 Å². The van der Waals surface area contributed by atoms with Gasteiger partial charge in [0.15, 0.2) is 11.5 Å². The number of rotatable bonds is 8. The molecular weight excluding hydrogens is 837 g/mol. The van der Waals surface area contributed by atoms with Crippen molar-refractivity contribution in [3.63, 3.8) is 0 Å². The Morgan fingerprint density at radius 3 is 1.54 bits per heavy atom. The number of para-hydroxylation sites is 2. The maximum atomic E-state index is 6.65. The van der Waals surface area contributed by atoms with E-state index in [0.29, 0.717) is 13.2 Å². The molecule has 0 aliphatic carbocycles. The van der Waals surface area contributed by atoms with Gasteiger partial charge < -0.3 is 28.1 Å². The van der Waals surface area contributed by atoms with Crippen molar-refractivity contribution in [2.75, 3.05) is 23.0 Å². The van der Waals surface area contributed by atoms with Crippen LogP contribution in [0.5, 0.6) is 11.5 Å². The highest BCUT2D eigenvalue weighted by atomic mass is 16.6. The Bertz CT molecular complexity index is 3230. The Morgan fingerprint density at radius 2 is 0.985 bits per heavy atom. The summed E-state index contributed by atoms with van der Waals surface area (Å²) in [6.45, 7) is 28.0. The van der Waals surface area contributed by atoms with Crippen LogP contribution in [-0.2, 0) is 10.8 Å². The van der Waals surface area contributed by atoms with Gasteiger partial charge in [-0.1, -0.05) is 108 Å². The van der Waals surface area contributed by atoms with Crippen LogP contribution in [-0.4, -0.2) is 13.2 Å². The predicted molar refractivity (Wildman–Crippen MR) is 283 cm³/mol. The minimum Gasteiger partial charge on any atom is -0.486 e. The fourth-order valence-corrected chi connectivity index (χ4v) is 9.91. The number of hydrogen-bond acceptors (Lipinski definition) is 6. The Hall–Kier alpha value is -7.18.